The molecule has 19 heavy (non-hydrogen) atoms. The molecule has 0 aromatic heterocycles. The molecule has 3 nitrogen and oxygen atoms in total. The van der Waals surface area contributed by atoms with Crippen molar-refractivity contribution in [2.75, 3.05) is 6.54 Å². The average molecular weight is 301 g/mol. The first kappa shape index (κ1) is 14.2. The highest BCUT2D eigenvalue weighted by atomic mass is 35.5. The molecule has 1 aliphatic rings. The number of carbonyl (C=O) groups excluding carboxylic acids is 1. The molecule has 0 radical (unpaired) electrons. The van der Waals surface area contributed by atoms with Gasteiger partial charge in [-0.2, -0.15) is 0 Å². The summed E-state index contributed by atoms with van der Waals surface area (Å²) in [6.07, 6.45) is 2.69. The lowest BCUT2D eigenvalue weighted by Crippen LogP contribution is -2.49. The van der Waals surface area contributed by atoms with Gasteiger partial charge in [-0.05, 0) is 37.5 Å². The summed E-state index contributed by atoms with van der Waals surface area (Å²) in [7, 11) is 0. The number of thiocarbonyl (C=S) groups is 1. The maximum atomic E-state index is 13.1. The largest absolute Gasteiger partial charge is 0.392 e. The van der Waals surface area contributed by atoms with Gasteiger partial charge in [0.05, 0.1) is 16.1 Å². The fraction of sp³-hybridized carbons (Fsp3) is 0.385. The van der Waals surface area contributed by atoms with Crippen LogP contribution >= 0.6 is 23.8 Å². The monoisotopic (exact) mass is 300 g/mol. The Bertz CT molecular complexity index is 523. The van der Waals surface area contributed by atoms with Gasteiger partial charge in [-0.3, -0.25) is 4.79 Å². The number of hydrogen-bond acceptors (Lipinski definition) is 2. The van der Waals surface area contributed by atoms with Crippen LogP contribution < -0.4 is 5.73 Å². The van der Waals surface area contributed by atoms with E-state index in [1.165, 1.54) is 18.2 Å². The molecule has 102 valence electrons. The second-order valence-electron chi connectivity index (χ2n) is 4.54. The Morgan fingerprint density at radius 3 is 2.84 bits per heavy atom. The van der Waals surface area contributed by atoms with E-state index in [1.54, 1.807) is 4.90 Å². The van der Waals surface area contributed by atoms with Crippen LogP contribution in [0.2, 0.25) is 5.02 Å². The molecule has 0 saturated carbocycles. The van der Waals surface area contributed by atoms with E-state index in [1.807, 2.05) is 0 Å². The van der Waals surface area contributed by atoms with Crippen molar-refractivity contribution in [1.29, 1.82) is 0 Å². The van der Waals surface area contributed by atoms with E-state index in [0.29, 0.717) is 17.1 Å². The van der Waals surface area contributed by atoms with Gasteiger partial charge in [-0.15, -0.1) is 0 Å². The highest BCUT2D eigenvalue weighted by molar-refractivity contribution is 7.80. The number of nitrogens with zero attached hydrogens (tertiary/aromatic N) is 1. The molecule has 1 unspecified atom stereocenters. The Labute approximate surface area is 121 Å². The third kappa shape index (κ3) is 3.04. The number of hydrogen-bond donors (Lipinski definition) is 1. The van der Waals surface area contributed by atoms with Gasteiger partial charge in [0.15, 0.2) is 0 Å². The minimum absolute atomic E-state index is 0.0604. The summed E-state index contributed by atoms with van der Waals surface area (Å²) < 4.78 is 13.1. The van der Waals surface area contributed by atoms with Crippen LogP contribution in [-0.2, 0) is 0 Å². The topological polar surface area (TPSA) is 46.3 Å². The summed E-state index contributed by atoms with van der Waals surface area (Å²) in [5.74, 6) is -0.748. The number of carbonyl (C=O) groups is 1. The maximum Gasteiger partial charge on any atom is 0.254 e. The van der Waals surface area contributed by atoms with Gasteiger partial charge in [0, 0.05) is 12.1 Å². The zero-order valence-electron chi connectivity index (χ0n) is 10.2. The molecule has 1 saturated heterocycles. The molecule has 1 aromatic carbocycles. The molecular formula is C13H14ClFN2OS. The number of amides is 1. The lowest BCUT2D eigenvalue weighted by molar-refractivity contribution is 0.0681. The summed E-state index contributed by atoms with van der Waals surface area (Å²) in [4.78, 5) is 14.4. The summed E-state index contributed by atoms with van der Waals surface area (Å²) in [6, 6.07) is 3.73. The highest BCUT2D eigenvalue weighted by Gasteiger charge is 2.29. The minimum atomic E-state index is -0.539. The minimum Gasteiger partial charge on any atom is -0.392 e. The number of nitrogens with two attached hydrogens (primary N) is 1. The van der Waals surface area contributed by atoms with Crippen molar-refractivity contribution in [3.05, 3.63) is 34.6 Å². The molecule has 1 atom stereocenters. The number of halogens is 2. The number of benzene rings is 1. The first-order chi connectivity index (χ1) is 9.00. The Hall–Kier alpha value is -1.20. The average Bonchev–Trinajstić information content (AvgIpc) is 2.41. The van der Waals surface area contributed by atoms with Crippen LogP contribution in [0.3, 0.4) is 0 Å². The van der Waals surface area contributed by atoms with Gasteiger partial charge in [0.1, 0.15) is 5.82 Å². The zero-order valence-corrected chi connectivity index (χ0v) is 11.8. The van der Waals surface area contributed by atoms with Crippen molar-refractivity contribution in [3.63, 3.8) is 0 Å². The molecular weight excluding hydrogens is 287 g/mol. The SMILES string of the molecule is NC(=S)C1CCCCN1C(=O)c1ccc(F)c(Cl)c1. The Morgan fingerprint density at radius 1 is 1.47 bits per heavy atom. The van der Waals surface area contributed by atoms with Gasteiger partial charge in [0.2, 0.25) is 0 Å². The van der Waals surface area contributed by atoms with Crippen molar-refractivity contribution in [1.82, 2.24) is 4.90 Å². The van der Waals surface area contributed by atoms with Crippen molar-refractivity contribution < 1.29 is 9.18 Å². The van der Waals surface area contributed by atoms with Crippen molar-refractivity contribution in [2.24, 2.45) is 5.73 Å². The van der Waals surface area contributed by atoms with Gasteiger partial charge in [0.25, 0.3) is 5.91 Å². The van der Waals surface area contributed by atoms with Crippen LogP contribution in [0.15, 0.2) is 18.2 Å². The van der Waals surface area contributed by atoms with Crippen molar-refractivity contribution in [2.45, 2.75) is 25.3 Å². The van der Waals surface area contributed by atoms with Crippen LogP contribution in [0.4, 0.5) is 4.39 Å². The van der Waals surface area contributed by atoms with E-state index in [0.717, 1.165) is 19.3 Å². The molecule has 1 aromatic rings. The van der Waals surface area contributed by atoms with Gasteiger partial charge in [-0.25, -0.2) is 4.39 Å². The highest BCUT2D eigenvalue weighted by Crippen LogP contribution is 2.22. The first-order valence-electron chi connectivity index (χ1n) is 6.06. The Kier molecular flexibility index (Phi) is 4.37. The fourth-order valence-electron chi connectivity index (χ4n) is 2.27. The predicted molar refractivity (Wildman–Crippen MR) is 76.9 cm³/mol. The standard InChI is InChI=1S/C13H14ClFN2OS/c14-9-7-8(4-5-10(9)15)13(18)17-6-2-1-3-11(17)12(16)19/h4-5,7,11H,1-3,6H2,(H2,16,19). The van der Waals surface area contributed by atoms with Crippen LogP contribution in [0.25, 0.3) is 0 Å². The Balaban J connectivity index is 2.26. The van der Waals surface area contributed by atoms with Gasteiger partial charge < -0.3 is 10.6 Å². The normalized spacial score (nSPS) is 19.3. The molecule has 0 spiro atoms. The van der Waals surface area contributed by atoms with E-state index < -0.39 is 5.82 Å². The van der Waals surface area contributed by atoms with Crippen molar-refractivity contribution >= 4 is 34.7 Å². The van der Waals surface area contributed by atoms with E-state index >= 15 is 0 Å². The van der Waals surface area contributed by atoms with Crippen molar-refractivity contribution in [3.8, 4) is 0 Å². The van der Waals surface area contributed by atoms with Crippen LogP contribution in [0.1, 0.15) is 29.6 Å². The van der Waals surface area contributed by atoms with E-state index in [9.17, 15) is 9.18 Å². The molecule has 6 heteroatoms. The number of likely N-dealkylation sites (tertiary alicyclic amines) is 1. The lowest BCUT2D eigenvalue weighted by Gasteiger charge is -2.35. The molecule has 2 rings (SSSR count). The Morgan fingerprint density at radius 2 is 2.21 bits per heavy atom. The smallest absolute Gasteiger partial charge is 0.254 e. The second kappa shape index (κ2) is 5.84. The van der Waals surface area contributed by atoms with Crippen LogP contribution in [0.5, 0.6) is 0 Å². The second-order valence-corrected chi connectivity index (χ2v) is 5.42. The summed E-state index contributed by atoms with van der Waals surface area (Å²) in [6.45, 7) is 0.607. The summed E-state index contributed by atoms with van der Waals surface area (Å²) in [5.41, 5.74) is 6.04. The van der Waals surface area contributed by atoms with E-state index in [4.69, 9.17) is 29.6 Å². The van der Waals surface area contributed by atoms with Gasteiger partial charge in [-0.1, -0.05) is 23.8 Å². The molecule has 1 fully saturated rings. The molecule has 1 aliphatic heterocycles. The quantitative estimate of drug-likeness (QED) is 0.854. The fourth-order valence-corrected chi connectivity index (χ4v) is 2.69. The van der Waals surface area contributed by atoms with Crippen LogP contribution in [0, 0.1) is 5.82 Å². The third-order valence-corrected chi connectivity index (χ3v) is 3.82. The number of piperidine rings is 1. The molecule has 1 amide bonds. The zero-order chi connectivity index (χ0) is 14.0. The summed E-state index contributed by atoms with van der Waals surface area (Å²) in [5, 5.41) is -0.0604. The molecule has 1 heterocycles. The lowest BCUT2D eigenvalue weighted by atomic mass is 10.0. The predicted octanol–water partition coefficient (Wildman–Crippen LogP) is 2.76. The third-order valence-electron chi connectivity index (χ3n) is 3.26. The maximum absolute atomic E-state index is 13.1. The van der Waals surface area contributed by atoms with E-state index in [-0.39, 0.29) is 17.0 Å². The van der Waals surface area contributed by atoms with Crippen LogP contribution in [-0.4, -0.2) is 28.4 Å². The number of rotatable bonds is 2. The van der Waals surface area contributed by atoms with E-state index in [2.05, 4.69) is 0 Å². The molecule has 0 aliphatic carbocycles. The van der Waals surface area contributed by atoms with Gasteiger partial charge >= 0.3 is 0 Å². The molecule has 0 bridgehead atoms. The first-order valence-corrected chi connectivity index (χ1v) is 6.84. The summed E-state index contributed by atoms with van der Waals surface area (Å²) >= 11 is 10.7. The molecule has 2 N–H and O–H groups in total.